The number of nitrogens with two attached hydrogens (primary N) is 1. The molecule has 12 amide bonds. The van der Waals surface area contributed by atoms with Crippen molar-refractivity contribution in [3.63, 3.8) is 0 Å². The molecular formula is C64H100N12O14. The maximum atomic E-state index is 14.2. The van der Waals surface area contributed by atoms with Gasteiger partial charge in [0.1, 0.15) is 61.0 Å². The molecule has 11 atom stereocenters. The Morgan fingerprint density at radius 2 is 1.11 bits per heavy atom. The number of aliphatic hydroxyl groups excluding tert-OH is 1. The maximum absolute atomic E-state index is 14.2. The number of carbonyl (C=O) groups is 12. The maximum Gasteiger partial charge on any atom is 0.246 e. The SMILES string of the molecule is CC(C)C[C@H](NC(=O)[C@H](NC(=O)[C@@H]1CCCN1C(=O)[C@H](Cc1ccccc1)NC(=O)COC(C)(C)C)[C@@H](C)O)C(=O)N(C)[C@@H](C)C(=O)N(C)[C@@H](C)C(=O)NCC(=O)N[C@@H](C)CC(=O)N(C)[C@H](C)C(=O)N[C@@H](Cc1ccccc1)C(=O)N(C)[C@@H](CC(C)C)C(N)=O. The standard InChI is InChI=1S/C64H100N12O14/c1-37(2)30-46(70-59(85)54(43(9)77)71-58(84)49-28-23-29-76(49)63(89)48(34-45-26-21-18-22-27-45)68-52(79)36-90-64(10,11)12)61(87)74(15)42(8)60(86)73(14)40(6)56(82)66-35-51(78)67-39(5)32-53(80)72(13)41(7)57(83)69-47(33-44-24-19-17-20-25-44)62(88)75(16)50(55(65)81)31-38(3)4/h17-22,24-27,37-43,46-50,54,77H,23,28-36H2,1-16H3,(H2,65,81)(H,66,82)(H,67,78)(H,68,79)(H,69,83)(H,70,85)(H,71,84)/t39-,40-,41+,42-,43+,46-,47-,48-,49-,50-,54+/m0/s1. The Hall–Kier alpha value is -8.00. The fourth-order valence-corrected chi connectivity index (χ4v) is 10.1. The van der Waals surface area contributed by atoms with Gasteiger partial charge in [0.2, 0.25) is 70.9 Å². The van der Waals surface area contributed by atoms with Crippen LogP contribution in [0.5, 0.6) is 0 Å². The summed E-state index contributed by atoms with van der Waals surface area (Å²) < 4.78 is 5.64. The van der Waals surface area contributed by atoms with Gasteiger partial charge in [-0.25, -0.2) is 0 Å². The number of likely N-dealkylation sites (N-methyl/N-ethyl adjacent to an activating group) is 4. The highest BCUT2D eigenvalue weighted by molar-refractivity contribution is 5.98. The van der Waals surface area contributed by atoms with E-state index in [9.17, 15) is 62.6 Å². The number of amides is 12. The van der Waals surface area contributed by atoms with Crippen molar-refractivity contribution in [2.75, 3.05) is 47.9 Å². The number of ether oxygens (including phenoxy) is 1. The summed E-state index contributed by atoms with van der Waals surface area (Å²) in [6, 6.07) is 6.72. The lowest BCUT2D eigenvalue weighted by molar-refractivity contribution is -0.148. The molecule has 2 aromatic rings. The van der Waals surface area contributed by atoms with Crippen LogP contribution in [0.4, 0.5) is 0 Å². The van der Waals surface area contributed by atoms with E-state index in [1.807, 2.05) is 32.0 Å². The number of aliphatic hydroxyl groups is 1. The first-order valence-corrected chi connectivity index (χ1v) is 30.8. The van der Waals surface area contributed by atoms with Gasteiger partial charge >= 0.3 is 0 Å². The third-order valence-electron chi connectivity index (χ3n) is 15.8. The second-order valence-electron chi connectivity index (χ2n) is 25.4. The molecule has 0 radical (unpaired) electrons. The molecule has 2 aromatic carbocycles. The third kappa shape index (κ3) is 23.7. The lowest BCUT2D eigenvalue weighted by Crippen LogP contribution is -2.61. The summed E-state index contributed by atoms with van der Waals surface area (Å²) >= 11 is 0. The van der Waals surface area contributed by atoms with Gasteiger partial charge in [0.25, 0.3) is 0 Å². The number of hydrogen-bond donors (Lipinski definition) is 8. The van der Waals surface area contributed by atoms with Crippen molar-refractivity contribution in [2.45, 2.75) is 200 Å². The van der Waals surface area contributed by atoms with E-state index < -0.39 is 150 Å². The Morgan fingerprint density at radius 3 is 1.63 bits per heavy atom. The molecule has 1 aliphatic rings. The van der Waals surface area contributed by atoms with Crippen LogP contribution in [0.25, 0.3) is 0 Å². The molecule has 9 N–H and O–H groups in total. The molecule has 26 nitrogen and oxygen atoms in total. The van der Waals surface area contributed by atoms with Gasteiger partial charge in [-0.05, 0) is 104 Å². The molecule has 1 saturated heterocycles. The number of nitrogens with one attached hydrogen (secondary N) is 6. The fourth-order valence-electron chi connectivity index (χ4n) is 10.1. The number of nitrogens with zero attached hydrogens (tertiary/aromatic N) is 5. The van der Waals surface area contributed by atoms with Crippen LogP contribution in [0.2, 0.25) is 0 Å². The Labute approximate surface area is 530 Å². The first kappa shape index (κ1) is 76.2. The predicted octanol–water partition coefficient (Wildman–Crippen LogP) is 0.554. The number of carbonyl (C=O) groups excluding carboxylic acids is 12. The minimum absolute atomic E-state index is 0.0329. The van der Waals surface area contributed by atoms with Gasteiger partial charge in [0.05, 0.1) is 18.2 Å². The van der Waals surface area contributed by atoms with Gasteiger partial charge in [0.15, 0.2) is 0 Å². The molecule has 0 bridgehead atoms. The van der Waals surface area contributed by atoms with Crippen molar-refractivity contribution in [1.29, 1.82) is 0 Å². The molecule has 0 unspecified atom stereocenters. The van der Waals surface area contributed by atoms with Crippen LogP contribution in [-0.4, -0.2) is 221 Å². The van der Waals surface area contributed by atoms with E-state index in [-0.39, 0.29) is 57.1 Å². The number of likely N-dealkylation sites (tertiary alicyclic amines) is 1. The fraction of sp³-hybridized carbons (Fsp3) is 0.625. The average molecular weight is 1260 g/mol. The first-order valence-electron chi connectivity index (χ1n) is 30.8. The highest BCUT2D eigenvalue weighted by atomic mass is 16.5. The molecule has 1 fully saturated rings. The molecule has 90 heavy (non-hydrogen) atoms. The van der Waals surface area contributed by atoms with E-state index in [0.717, 1.165) is 20.9 Å². The molecule has 0 saturated carbocycles. The normalized spacial score (nSPS) is 16.5. The van der Waals surface area contributed by atoms with E-state index >= 15 is 0 Å². The Balaban J connectivity index is 1.61. The Bertz CT molecular complexity index is 2800. The highest BCUT2D eigenvalue weighted by Gasteiger charge is 2.42. The zero-order valence-corrected chi connectivity index (χ0v) is 55.4. The molecule has 500 valence electrons. The van der Waals surface area contributed by atoms with Gasteiger partial charge < -0.3 is 72.0 Å². The highest BCUT2D eigenvalue weighted by Crippen LogP contribution is 2.22. The molecular weight excluding hydrogens is 1160 g/mol. The zero-order valence-electron chi connectivity index (χ0n) is 55.4. The predicted molar refractivity (Wildman–Crippen MR) is 337 cm³/mol. The van der Waals surface area contributed by atoms with Gasteiger partial charge in [0, 0.05) is 60.0 Å². The topological polar surface area (TPSA) is 349 Å². The second-order valence-corrected chi connectivity index (χ2v) is 25.4. The van der Waals surface area contributed by atoms with Crippen LogP contribution in [0.1, 0.15) is 126 Å². The molecule has 0 spiro atoms. The van der Waals surface area contributed by atoms with Crippen molar-refractivity contribution in [3.05, 3.63) is 71.8 Å². The molecule has 0 aromatic heterocycles. The van der Waals surface area contributed by atoms with Crippen molar-refractivity contribution < 1.29 is 67.4 Å². The minimum Gasteiger partial charge on any atom is -0.391 e. The number of primary amides is 1. The summed E-state index contributed by atoms with van der Waals surface area (Å²) in [6.07, 6.45) is -0.500. The van der Waals surface area contributed by atoms with Crippen molar-refractivity contribution in [3.8, 4) is 0 Å². The summed E-state index contributed by atoms with van der Waals surface area (Å²) in [5, 5.41) is 26.8. The molecule has 1 heterocycles. The van der Waals surface area contributed by atoms with Crippen LogP contribution in [0.15, 0.2) is 60.7 Å². The molecule has 0 aliphatic carbocycles. The summed E-state index contributed by atoms with van der Waals surface area (Å²) in [7, 11) is 5.54. The van der Waals surface area contributed by atoms with E-state index in [1.165, 1.54) is 70.6 Å². The van der Waals surface area contributed by atoms with Crippen molar-refractivity contribution in [1.82, 2.24) is 56.4 Å². The lowest BCUT2D eigenvalue weighted by Gasteiger charge is -2.34. The van der Waals surface area contributed by atoms with Gasteiger partial charge in [-0.2, -0.15) is 0 Å². The van der Waals surface area contributed by atoms with Gasteiger partial charge in [-0.1, -0.05) is 88.4 Å². The van der Waals surface area contributed by atoms with E-state index in [1.54, 1.807) is 84.0 Å². The van der Waals surface area contributed by atoms with Crippen LogP contribution >= 0.6 is 0 Å². The zero-order chi connectivity index (χ0) is 68.1. The molecule has 26 heteroatoms. The summed E-state index contributed by atoms with van der Waals surface area (Å²) in [5.74, 6) is -8.03. The Kier molecular flexibility index (Phi) is 30.0. The summed E-state index contributed by atoms with van der Waals surface area (Å²) in [4.78, 5) is 169. The number of hydrogen-bond acceptors (Lipinski definition) is 14. The van der Waals surface area contributed by atoms with Crippen LogP contribution in [0, 0.1) is 11.8 Å². The summed E-state index contributed by atoms with van der Waals surface area (Å²) in [6.45, 7) is 19.2. The van der Waals surface area contributed by atoms with Crippen molar-refractivity contribution in [2.24, 2.45) is 17.6 Å². The second kappa shape index (κ2) is 35.4. The van der Waals surface area contributed by atoms with E-state index in [0.29, 0.717) is 12.8 Å². The largest absolute Gasteiger partial charge is 0.391 e. The molecule has 3 rings (SSSR count). The summed E-state index contributed by atoms with van der Waals surface area (Å²) in [5.41, 5.74) is 6.55. The first-order chi connectivity index (χ1) is 41.9. The minimum atomic E-state index is -1.59. The number of rotatable bonds is 33. The lowest BCUT2D eigenvalue weighted by atomic mass is 9.99. The van der Waals surface area contributed by atoms with Crippen LogP contribution in [-0.2, 0) is 75.1 Å². The smallest absolute Gasteiger partial charge is 0.246 e. The van der Waals surface area contributed by atoms with Crippen LogP contribution in [0.3, 0.4) is 0 Å². The monoisotopic (exact) mass is 1260 g/mol. The van der Waals surface area contributed by atoms with E-state index in [4.69, 9.17) is 10.5 Å². The number of benzene rings is 2. The van der Waals surface area contributed by atoms with Crippen molar-refractivity contribution >= 4 is 70.9 Å². The van der Waals surface area contributed by atoms with E-state index in [2.05, 4.69) is 31.9 Å². The Morgan fingerprint density at radius 1 is 0.600 bits per heavy atom. The average Bonchev–Trinajstić information content (AvgIpc) is 1.59. The van der Waals surface area contributed by atoms with Gasteiger partial charge in [-0.3, -0.25) is 57.5 Å². The van der Waals surface area contributed by atoms with Gasteiger partial charge in [-0.15, -0.1) is 0 Å². The van der Waals surface area contributed by atoms with Crippen LogP contribution < -0.4 is 37.6 Å². The third-order valence-corrected chi connectivity index (χ3v) is 15.8. The quantitative estimate of drug-likeness (QED) is 0.0484. The molecule has 1 aliphatic heterocycles.